The molecule has 3 rings (SSSR count). The van der Waals surface area contributed by atoms with E-state index in [1.807, 2.05) is 24.0 Å². The molecule has 1 aliphatic carbocycles. The number of hydrogen-bond donors (Lipinski definition) is 1. The maximum absolute atomic E-state index is 13.0. The van der Waals surface area contributed by atoms with Gasteiger partial charge >= 0.3 is 0 Å². The van der Waals surface area contributed by atoms with E-state index in [4.69, 9.17) is 10.5 Å². The van der Waals surface area contributed by atoms with Crippen LogP contribution in [0.25, 0.3) is 0 Å². The lowest BCUT2D eigenvalue weighted by molar-refractivity contribution is -0.146. The first-order valence-electron chi connectivity index (χ1n) is 8.42. The Morgan fingerprint density at radius 2 is 2.04 bits per heavy atom. The third-order valence-electron chi connectivity index (χ3n) is 5.17. The number of morpholine rings is 1. The highest BCUT2D eigenvalue weighted by Gasteiger charge is 2.40. The minimum Gasteiger partial charge on any atom is -0.370 e. The van der Waals surface area contributed by atoms with Gasteiger partial charge in [-0.05, 0) is 37.5 Å². The number of carbonyl (C=O) groups excluding carboxylic acids is 1. The summed E-state index contributed by atoms with van der Waals surface area (Å²) < 4.78 is 6.93. The molecule has 2 aliphatic rings. The van der Waals surface area contributed by atoms with Gasteiger partial charge in [-0.15, -0.1) is 12.4 Å². The second-order valence-electron chi connectivity index (χ2n) is 7.00. The Kier molecular flexibility index (Phi) is 6.71. The molecule has 1 saturated carbocycles. The zero-order valence-corrected chi connectivity index (χ0v) is 16.4. The number of amides is 1. The fraction of sp³-hybridized carbons (Fsp3) is 0.611. The van der Waals surface area contributed by atoms with Crippen LogP contribution in [0.2, 0.25) is 0 Å². The average Bonchev–Trinajstić information content (AvgIpc) is 2.55. The summed E-state index contributed by atoms with van der Waals surface area (Å²) in [5.41, 5.74) is 7.15. The Hall–Kier alpha value is -0.620. The summed E-state index contributed by atoms with van der Waals surface area (Å²) in [6.07, 6.45) is 4.02. The third-order valence-corrected chi connectivity index (χ3v) is 5.70. The van der Waals surface area contributed by atoms with E-state index in [0.717, 1.165) is 35.7 Å². The summed E-state index contributed by atoms with van der Waals surface area (Å²) >= 11 is 3.45. The lowest BCUT2D eigenvalue weighted by atomic mass is 9.74. The van der Waals surface area contributed by atoms with Crippen LogP contribution in [-0.4, -0.2) is 36.0 Å². The number of rotatable bonds is 2. The molecular weight excluding hydrogens is 392 g/mol. The van der Waals surface area contributed by atoms with Gasteiger partial charge in [0.05, 0.1) is 19.1 Å². The van der Waals surface area contributed by atoms with Gasteiger partial charge in [0.25, 0.3) is 0 Å². The quantitative estimate of drug-likeness (QED) is 0.798. The molecule has 3 atom stereocenters. The molecule has 4 nitrogen and oxygen atoms in total. The van der Waals surface area contributed by atoms with Crippen LogP contribution in [0.4, 0.5) is 0 Å². The molecule has 0 radical (unpaired) electrons. The molecule has 2 fully saturated rings. The second-order valence-corrected chi connectivity index (χ2v) is 7.92. The largest absolute Gasteiger partial charge is 0.370 e. The van der Waals surface area contributed by atoms with E-state index in [-0.39, 0.29) is 35.9 Å². The monoisotopic (exact) mass is 416 g/mol. The van der Waals surface area contributed by atoms with Crippen LogP contribution in [-0.2, 0) is 9.53 Å². The van der Waals surface area contributed by atoms with Crippen molar-refractivity contribution in [3.8, 4) is 0 Å². The van der Waals surface area contributed by atoms with Crippen molar-refractivity contribution in [2.24, 2.45) is 11.7 Å². The number of nitrogens with zero attached hydrogens (tertiary/aromatic N) is 1. The van der Waals surface area contributed by atoms with Crippen molar-refractivity contribution in [3.05, 3.63) is 34.3 Å². The van der Waals surface area contributed by atoms with Crippen LogP contribution in [0.1, 0.15) is 44.3 Å². The van der Waals surface area contributed by atoms with E-state index in [1.165, 1.54) is 0 Å². The summed E-state index contributed by atoms with van der Waals surface area (Å²) in [5, 5.41) is 0. The van der Waals surface area contributed by atoms with Crippen LogP contribution < -0.4 is 5.73 Å². The van der Waals surface area contributed by atoms with Gasteiger partial charge in [0.15, 0.2) is 0 Å². The molecule has 6 heteroatoms. The topological polar surface area (TPSA) is 55.6 Å². The molecule has 0 aromatic heterocycles. The van der Waals surface area contributed by atoms with Crippen molar-refractivity contribution in [1.82, 2.24) is 4.90 Å². The Labute approximate surface area is 158 Å². The van der Waals surface area contributed by atoms with Crippen LogP contribution in [0, 0.1) is 5.92 Å². The van der Waals surface area contributed by atoms with Gasteiger partial charge in [-0.25, -0.2) is 0 Å². The van der Waals surface area contributed by atoms with E-state index < -0.39 is 0 Å². The van der Waals surface area contributed by atoms with E-state index in [9.17, 15) is 4.79 Å². The lowest BCUT2D eigenvalue weighted by Gasteiger charge is -2.42. The van der Waals surface area contributed by atoms with Crippen molar-refractivity contribution < 1.29 is 9.53 Å². The number of hydrogen-bond acceptors (Lipinski definition) is 3. The smallest absolute Gasteiger partial charge is 0.227 e. The van der Waals surface area contributed by atoms with Gasteiger partial charge in [-0.3, -0.25) is 4.79 Å². The van der Waals surface area contributed by atoms with Crippen molar-refractivity contribution in [1.29, 1.82) is 0 Å². The first kappa shape index (κ1) is 19.7. The molecule has 1 saturated heterocycles. The van der Waals surface area contributed by atoms with E-state index in [1.54, 1.807) is 0 Å². The van der Waals surface area contributed by atoms with Gasteiger partial charge in [0.1, 0.15) is 6.10 Å². The summed E-state index contributed by atoms with van der Waals surface area (Å²) in [6.45, 7) is 3.90. The van der Waals surface area contributed by atoms with Crippen LogP contribution in [0.5, 0.6) is 0 Å². The molecular formula is C18H26BrClN2O2. The Morgan fingerprint density at radius 3 is 2.71 bits per heavy atom. The Balaban J connectivity index is 0.00000208. The van der Waals surface area contributed by atoms with Crippen molar-refractivity contribution >= 4 is 34.2 Å². The molecule has 134 valence electrons. The predicted molar refractivity (Wildman–Crippen MR) is 101 cm³/mol. The molecule has 1 aromatic rings. The van der Waals surface area contributed by atoms with Crippen LogP contribution in [0.3, 0.4) is 0 Å². The van der Waals surface area contributed by atoms with Crippen LogP contribution in [0.15, 0.2) is 28.7 Å². The number of carbonyl (C=O) groups is 1. The summed E-state index contributed by atoms with van der Waals surface area (Å²) in [7, 11) is 0. The molecule has 2 N–H and O–H groups in total. The third kappa shape index (κ3) is 4.31. The van der Waals surface area contributed by atoms with Gasteiger partial charge in [-0.1, -0.05) is 40.9 Å². The highest BCUT2D eigenvalue weighted by molar-refractivity contribution is 9.10. The van der Waals surface area contributed by atoms with Gasteiger partial charge in [0.2, 0.25) is 5.91 Å². The Bertz CT molecular complexity index is 565. The molecule has 24 heavy (non-hydrogen) atoms. The number of benzene rings is 1. The minimum atomic E-state index is -0.374. The average molecular weight is 418 g/mol. The highest BCUT2D eigenvalue weighted by atomic mass is 79.9. The molecule has 0 bridgehead atoms. The molecule has 1 heterocycles. The molecule has 1 aromatic carbocycles. The SMILES string of the molecule is CC1(N)CCCCC1C(=O)N1CCOC(c2ccc(Br)cc2)C1.Cl. The minimum absolute atomic E-state index is 0. The zero-order valence-electron chi connectivity index (χ0n) is 14.0. The normalized spacial score (nSPS) is 30.5. The second kappa shape index (κ2) is 8.17. The molecule has 3 unspecified atom stereocenters. The number of nitrogens with two attached hydrogens (primary N) is 1. The van der Waals surface area contributed by atoms with Crippen molar-refractivity contribution in [2.75, 3.05) is 19.7 Å². The molecule has 1 aliphatic heterocycles. The summed E-state index contributed by atoms with van der Waals surface area (Å²) in [4.78, 5) is 14.9. The first-order valence-corrected chi connectivity index (χ1v) is 9.21. The van der Waals surface area contributed by atoms with Crippen LogP contribution >= 0.6 is 28.3 Å². The van der Waals surface area contributed by atoms with Crippen molar-refractivity contribution in [2.45, 2.75) is 44.2 Å². The van der Waals surface area contributed by atoms with E-state index in [0.29, 0.717) is 19.7 Å². The number of ether oxygens (including phenoxy) is 1. The lowest BCUT2D eigenvalue weighted by Crippen LogP contribution is -2.55. The van der Waals surface area contributed by atoms with Gasteiger partial charge in [-0.2, -0.15) is 0 Å². The van der Waals surface area contributed by atoms with Crippen molar-refractivity contribution in [3.63, 3.8) is 0 Å². The van der Waals surface area contributed by atoms with Gasteiger partial charge in [0, 0.05) is 16.6 Å². The molecule has 0 spiro atoms. The highest BCUT2D eigenvalue weighted by Crippen LogP contribution is 2.34. The van der Waals surface area contributed by atoms with E-state index >= 15 is 0 Å². The van der Waals surface area contributed by atoms with E-state index in [2.05, 4.69) is 28.1 Å². The Morgan fingerprint density at radius 1 is 1.33 bits per heavy atom. The number of halogens is 2. The predicted octanol–water partition coefficient (Wildman–Crippen LogP) is 3.68. The fourth-order valence-corrected chi connectivity index (χ4v) is 3.98. The molecule has 1 amide bonds. The maximum Gasteiger partial charge on any atom is 0.227 e. The maximum atomic E-state index is 13.0. The zero-order chi connectivity index (χ0) is 16.4. The summed E-state index contributed by atoms with van der Waals surface area (Å²) in [6, 6.07) is 8.13. The fourth-order valence-electron chi connectivity index (χ4n) is 3.71. The summed E-state index contributed by atoms with van der Waals surface area (Å²) in [5.74, 6) is 0.153. The van der Waals surface area contributed by atoms with Gasteiger partial charge < -0.3 is 15.4 Å². The first-order chi connectivity index (χ1) is 11.0. The standard InChI is InChI=1S/C18H25BrN2O2.ClH/c1-18(20)9-3-2-4-15(18)17(22)21-10-11-23-16(12-21)13-5-7-14(19)8-6-13;/h5-8,15-16H,2-4,9-12,20H2,1H3;1H.